The number of carbonyl (C=O) groups is 1. The zero-order chi connectivity index (χ0) is 11.8. The molecule has 0 saturated carbocycles. The van der Waals surface area contributed by atoms with Gasteiger partial charge >= 0.3 is 5.97 Å². The van der Waals surface area contributed by atoms with Gasteiger partial charge in [-0.2, -0.15) is 0 Å². The Morgan fingerprint density at radius 2 is 2.18 bits per heavy atom. The molecule has 0 radical (unpaired) electrons. The summed E-state index contributed by atoms with van der Waals surface area (Å²) < 4.78 is 10.9. The van der Waals surface area contributed by atoms with E-state index in [9.17, 15) is 4.79 Å². The van der Waals surface area contributed by atoms with Crippen molar-refractivity contribution >= 4 is 28.6 Å². The lowest BCUT2D eigenvalue weighted by molar-refractivity contribution is 0.0702. The average molecular weight is 269 g/mol. The number of hydrogen-bond acceptors (Lipinski definition) is 6. The standard InChI is InChI=1S/C10H7NO4S2/c12-10(13)9-6(11-4-17-9)8-7-5(3-16-8)14-1-2-15-7/h3-4H,1-2H2,(H,12,13). The monoisotopic (exact) mass is 269 g/mol. The van der Waals surface area contributed by atoms with Crippen LogP contribution in [-0.2, 0) is 0 Å². The molecule has 2 aromatic rings. The molecule has 5 nitrogen and oxygen atoms in total. The first-order valence-electron chi connectivity index (χ1n) is 4.81. The molecule has 0 atom stereocenters. The second-order valence-corrected chi connectivity index (χ2v) is 5.02. The molecule has 2 aromatic heterocycles. The van der Waals surface area contributed by atoms with Gasteiger partial charge in [-0.3, -0.25) is 0 Å². The maximum Gasteiger partial charge on any atom is 0.348 e. The second-order valence-electron chi connectivity index (χ2n) is 3.29. The number of hydrogen-bond donors (Lipinski definition) is 1. The lowest BCUT2D eigenvalue weighted by Gasteiger charge is -2.15. The van der Waals surface area contributed by atoms with Gasteiger partial charge in [0.2, 0.25) is 0 Å². The Morgan fingerprint density at radius 3 is 3.00 bits per heavy atom. The Morgan fingerprint density at radius 1 is 1.35 bits per heavy atom. The first-order chi connectivity index (χ1) is 8.27. The van der Waals surface area contributed by atoms with Gasteiger partial charge in [0.1, 0.15) is 28.7 Å². The molecule has 0 unspecified atom stereocenters. The number of thiazole rings is 1. The maximum atomic E-state index is 11.0. The van der Waals surface area contributed by atoms with E-state index in [2.05, 4.69) is 4.98 Å². The van der Waals surface area contributed by atoms with Crippen molar-refractivity contribution in [1.29, 1.82) is 0 Å². The van der Waals surface area contributed by atoms with E-state index in [1.54, 1.807) is 0 Å². The Bertz CT molecular complexity index is 575. The highest BCUT2D eigenvalue weighted by Crippen LogP contribution is 2.46. The number of aromatic nitrogens is 1. The number of carboxylic acids is 1. The topological polar surface area (TPSA) is 68.7 Å². The van der Waals surface area contributed by atoms with Gasteiger partial charge in [-0.1, -0.05) is 0 Å². The minimum Gasteiger partial charge on any atom is -0.485 e. The molecule has 1 N–H and O–H groups in total. The summed E-state index contributed by atoms with van der Waals surface area (Å²) in [5.41, 5.74) is 1.98. The summed E-state index contributed by atoms with van der Waals surface area (Å²) >= 11 is 2.49. The highest BCUT2D eigenvalue weighted by molar-refractivity contribution is 7.16. The third kappa shape index (κ3) is 1.67. The Labute approximate surface area is 104 Å². The molecule has 0 saturated heterocycles. The van der Waals surface area contributed by atoms with Crippen LogP contribution in [0.3, 0.4) is 0 Å². The summed E-state index contributed by atoms with van der Waals surface area (Å²) in [7, 11) is 0. The Balaban J connectivity index is 2.12. The number of ether oxygens (including phenoxy) is 2. The molecule has 0 amide bonds. The fraction of sp³-hybridized carbons (Fsp3) is 0.200. The highest BCUT2D eigenvalue weighted by atomic mass is 32.1. The van der Waals surface area contributed by atoms with Gasteiger partial charge in [0.05, 0.1) is 5.51 Å². The molecule has 1 aliphatic heterocycles. The first-order valence-corrected chi connectivity index (χ1v) is 6.57. The van der Waals surface area contributed by atoms with Crippen LogP contribution in [0.25, 0.3) is 10.6 Å². The third-order valence-corrected chi connectivity index (χ3v) is 4.04. The van der Waals surface area contributed by atoms with E-state index in [0.717, 1.165) is 16.2 Å². The van der Waals surface area contributed by atoms with Crippen LogP contribution in [0, 0.1) is 0 Å². The van der Waals surface area contributed by atoms with Gasteiger partial charge in [-0.05, 0) is 0 Å². The number of rotatable bonds is 2. The minimum atomic E-state index is -0.971. The predicted octanol–water partition coefficient (Wildman–Crippen LogP) is 2.34. The van der Waals surface area contributed by atoms with Crippen molar-refractivity contribution in [2.24, 2.45) is 0 Å². The van der Waals surface area contributed by atoms with Crippen LogP contribution in [0.5, 0.6) is 11.5 Å². The molecule has 0 spiro atoms. The van der Waals surface area contributed by atoms with Crippen molar-refractivity contribution in [2.75, 3.05) is 13.2 Å². The Hall–Kier alpha value is -1.60. The first kappa shape index (κ1) is 10.5. The van der Waals surface area contributed by atoms with Crippen molar-refractivity contribution in [3.05, 3.63) is 15.8 Å². The fourth-order valence-corrected chi connectivity index (χ4v) is 3.21. The van der Waals surface area contributed by atoms with E-state index < -0.39 is 5.97 Å². The smallest absolute Gasteiger partial charge is 0.348 e. The van der Waals surface area contributed by atoms with Crippen molar-refractivity contribution < 1.29 is 19.4 Å². The Kier molecular flexibility index (Phi) is 2.49. The quantitative estimate of drug-likeness (QED) is 0.906. The molecule has 3 heterocycles. The van der Waals surface area contributed by atoms with Gasteiger partial charge in [0.25, 0.3) is 0 Å². The molecule has 0 bridgehead atoms. The molecular weight excluding hydrogens is 262 g/mol. The molecule has 0 aromatic carbocycles. The summed E-state index contributed by atoms with van der Waals surface area (Å²) in [5.74, 6) is 0.302. The normalized spacial score (nSPS) is 13.6. The second kappa shape index (κ2) is 4.01. The molecular formula is C10H7NO4S2. The van der Waals surface area contributed by atoms with Crippen molar-refractivity contribution in [1.82, 2.24) is 4.98 Å². The zero-order valence-corrected chi connectivity index (χ0v) is 10.1. The van der Waals surface area contributed by atoms with Crippen LogP contribution in [0.4, 0.5) is 0 Å². The van der Waals surface area contributed by atoms with Crippen LogP contribution in [0.15, 0.2) is 10.9 Å². The van der Waals surface area contributed by atoms with Gasteiger partial charge in [-0.25, -0.2) is 9.78 Å². The zero-order valence-electron chi connectivity index (χ0n) is 8.50. The van der Waals surface area contributed by atoms with Gasteiger partial charge in [0.15, 0.2) is 11.5 Å². The summed E-state index contributed by atoms with van der Waals surface area (Å²) in [6, 6.07) is 0. The molecule has 17 heavy (non-hydrogen) atoms. The number of carboxylic acid groups (broad SMARTS) is 1. The summed E-state index contributed by atoms with van der Waals surface area (Å²) in [6.45, 7) is 0.995. The lowest BCUT2D eigenvalue weighted by atomic mass is 10.2. The summed E-state index contributed by atoms with van der Waals surface area (Å²) in [6.07, 6.45) is 0. The molecule has 0 fully saturated rings. The molecule has 0 aliphatic carbocycles. The fourth-order valence-electron chi connectivity index (χ4n) is 1.59. The maximum absolute atomic E-state index is 11.0. The van der Waals surface area contributed by atoms with Crippen LogP contribution in [0.1, 0.15) is 9.67 Å². The van der Waals surface area contributed by atoms with E-state index >= 15 is 0 Å². The van der Waals surface area contributed by atoms with Crippen LogP contribution < -0.4 is 9.47 Å². The molecule has 7 heteroatoms. The van der Waals surface area contributed by atoms with Gasteiger partial charge in [-0.15, -0.1) is 22.7 Å². The molecule has 1 aliphatic rings. The van der Waals surface area contributed by atoms with Crippen LogP contribution >= 0.6 is 22.7 Å². The van der Waals surface area contributed by atoms with Crippen LogP contribution in [-0.4, -0.2) is 29.3 Å². The van der Waals surface area contributed by atoms with E-state index in [4.69, 9.17) is 14.6 Å². The van der Waals surface area contributed by atoms with Crippen molar-refractivity contribution in [3.8, 4) is 22.1 Å². The summed E-state index contributed by atoms with van der Waals surface area (Å²) in [5, 5.41) is 10.9. The van der Waals surface area contributed by atoms with Crippen molar-refractivity contribution in [3.63, 3.8) is 0 Å². The van der Waals surface area contributed by atoms with E-state index in [1.807, 2.05) is 5.38 Å². The number of aromatic carboxylic acids is 1. The third-order valence-electron chi connectivity index (χ3n) is 2.28. The molecule has 3 rings (SSSR count). The van der Waals surface area contributed by atoms with Crippen molar-refractivity contribution in [2.45, 2.75) is 0 Å². The van der Waals surface area contributed by atoms with E-state index in [0.29, 0.717) is 30.4 Å². The summed E-state index contributed by atoms with van der Waals surface area (Å²) in [4.78, 5) is 16.1. The van der Waals surface area contributed by atoms with Crippen LogP contribution in [0.2, 0.25) is 0 Å². The number of fused-ring (bicyclic) bond motifs is 1. The van der Waals surface area contributed by atoms with Gasteiger partial charge in [0, 0.05) is 5.38 Å². The average Bonchev–Trinajstić information content (AvgIpc) is 2.94. The SMILES string of the molecule is O=C(O)c1scnc1-c1scc2c1OCCO2. The largest absolute Gasteiger partial charge is 0.485 e. The minimum absolute atomic E-state index is 0.226. The van der Waals surface area contributed by atoms with Gasteiger partial charge < -0.3 is 14.6 Å². The molecule has 88 valence electrons. The lowest BCUT2D eigenvalue weighted by Crippen LogP contribution is -2.14. The predicted molar refractivity (Wildman–Crippen MR) is 63.4 cm³/mol. The highest BCUT2D eigenvalue weighted by Gasteiger charge is 2.25. The number of thiophene rings is 1. The van der Waals surface area contributed by atoms with E-state index in [1.165, 1.54) is 16.8 Å². The number of nitrogens with zero attached hydrogens (tertiary/aromatic N) is 1. The van der Waals surface area contributed by atoms with E-state index in [-0.39, 0.29) is 4.88 Å².